The summed E-state index contributed by atoms with van der Waals surface area (Å²) in [4.78, 5) is 11.8. The zero-order chi connectivity index (χ0) is 20.7. The summed E-state index contributed by atoms with van der Waals surface area (Å²) in [5.74, 6) is 2.39. The van der Waals surface area contributed by atoms with Crippen LogP contribution in [0.1, 0.15) is 71.5 Å². The number of ether oxygens (including phenoxy) is 1. The van der Waals surface area contributed by atoms with Gasteiger partial charge in [-0.1, -0.05) is 40.0 Å². The minimum atomic E-state index is -0.0385. The number of aliphatic imine (C=N–C) groups is 1. The lowest BCUT2D eigenvalue weighted by Crippen LogP contribution is -2.60. The van der Waals surface area contributed by atoms with Crippen molar-refractivity contribution < 1.29 is 9.15 Å². The smallest absolute Gasteiger partial charge is 0.216 e. The summed E-state index contributed by atoms with van der Waals surface area (Å²) in [5, 5.41) is 7.00. The molecule has 1 aromatic rings. The van der Waals surface area contributed by atoms with Crippen molar-refractivity contribution in [1.29, 1.82) is 0 Å². The van der Waals surface area contributed by atoms with Crippen molar-refractivity contribution in [1.82, 2.24) is 20.5 Å². The van der Waals surface area contributed by atoms with Crippen LogP contribution >= 0.6 is 24.0 Å². The number of nitrogens with one attached hydrogen (secondary N) is 2. The largest absolute Gasteiger partial charge is 0.443 e. The molecule has 2 aliphatic rings. The van der Waals surface area contributed by atoms with Gasteiger partial charge >= 0.3 is 0 Å². The van der Waals surface area contributed by atoms with Gasteiger partial charge in [0.15, 0.2) is 5.96 Å². The highest BCUT2D eigenvalue weighted by atomic mass is 127. The third-order valence-electron chi connectivity index (χ3n) is 6.06. The van der Waals surface area contributed by atoms with E-state index in [-0.39, 0.29) is 34.9 Å². The average Bonchev–Trinajstić information content (AvgIpc) is 3.21. The molecular formula is C22H40IN5O2. The molecule has 1 aromatic heterocycles. The minimum absolute atomic E-state index is 0. The van der Waals surface area contributed by atoms with Gasteiger partial charge in [0.2, 0.25) is 5.89 Å². The predicted octanol–water partition coefficient (Wildman–Crippen LogP) is 3.68. The van der Waals surface area contributed by atoms with Crippen LogP contribution in [-0.4, -0.2) is 60.8 Å². The molecule has 1 aliphatic carbocycles. The van der Waals surface area contributed by atoms with Crippen molar-refractivity contribution in [3.8, 4) is 0 Å². The van der Waals surface area contributed by atoms with Gasteiger partial charge in [-0.05, 0) is 19.8 Å². The second-order valence-corrected chi connectivity index (χ2v) is 9.30. The maximum absolute atomic E-state index is 5.89. The van der Waals surface area contributed by atoms with Crippen LogP contribution in [0.3, 0.4) is 0 Å². The van der Waals surface area contributed by atoms with E-state index in [1.54, 1.807) is 0 Å². The molecule has 2 fully saturated rings. The second-order valence-electron chi connectivity index (χ2n) is 9.30. The Kier molecular flexibility index (Phi) is 9.87. The number of rotatable bonds is 6. The Labute approximate surface area is 198 Å². The molecule has 1 saturated carbocycles. The highest BCUT2D eigenvalue weighted by molar-refractivity contribution is 14.0. The van der Waals surface area contributed by atoms with Crippen LogP contribution in [0, 0.1) is 0 Å². The van der Waals surface area contributed by atoms with Crippen LogP contribution in [0.15, 0.2) is 15.6 Å². The van der Waals surface area contributed by atoms with E-state index in [9.17, 15) is 0 Å². The third kappa shape index (κ3) is 6.82. The number of guanidine groups is 1. The molecule has 0 aromatic carbocycles. The number of aromatic nitrogens is 1. The van der Waals surface area contributed by atoms with E-state index in [0.717, 1.165) is 51.1 Å². The number of nitrogens with zero attached hydrogens (tertiary/aromatic N) is 3. The van der Waals surface area contributed by atoms with Crippen LogP contribution in [0.25, 0.3) is 0 Å². The molecular weight excluding hydrogens is 493 g/mol. The van der Waals surface area contributed by atoms with Crippen molar-refractivity contribution in [3.05, 3.63) is 17.8 Å². The standard InChI is InChI=1S/C22H39N5O2.HI/c1-5-23-20(25-16-19-24-15-18(29-19)21(2,3)4)26-17-22(9-7-6-8-10-22)27-11-13-28-14-12-27;/h15H,5-14,16-17H2,1-4H3,(H2,23,25,26);1H. The first-order valence-corrected chi connectivity index (χ1v) is 11.2. The van der Waals surface area contributed by atoms with Crippen LogP contribution in [0.2, 0.25) is 0 Å². The maximum Gasteiger partial charge on any atom is 0.216 e. The zero-order valence-corrected chi connectivity index (χ0v) is 21.5. The molecule has 1 saturated heterocycles. The van der Waals surface area contributed by atoms with Gasteiger partial charge in [-0.3, -0.25) is 4.90 Å². The van der Waals surface area contributed by atoms with Crippen molar-refractivity contribution in [2.75, 3.05) is 39.4 Å². The van der Waals surface area contributed by atoms with Crippen LogP contribution < -0.4 is 10.6 Å². The molecule has 2 heterocycles. The van der Waals surface area contributed by atoms with Gasteiger partial charge in [-0.15, -0.1) is 24.0 Å². The van der Waals surface area contributed by atoms with E-state index in [1.807, 2.05) is 6.20 Å². The molecule has 30 heavy (non-hydrogen) atoms. The summed E-state index contributed by atoms with van der Waals surface area (Å²) in [6.45, 7) is 14.4. The van der Waals surface area contributed by atoms with E-state index in [2.05, 4.69) is 48.2 Å². The summed E-state index contributed by atoms with van der Waals surface area (Å²) in [6, 6.07) is 0. The Balaban J connectivity index is 0.00000320. The first kappa shape index (κ1) is 25.4. The van der Waals surface area contributed by atoms with Gasteiger partial charge in [0, 0.05) is 37.1 Å². The summed E-state index contributed by atoms with van der Waals surface area (Å²) >= 11 is 0. The van der Waals surface area contributed by atoms with E-state index in [4.69, 9.17) is 14.1 Å². The summed E-state index contributed by atoms with van der Waals surface area (Å²) in [6.07, 6.45) is 8.26. The molecule has 2 N–H and O–H groups in total. The molecule has 8 heteroatoms. The van der Waals surface area contributed by atoms with Crippen molar-refractivity contribution >= 4 is 29.9 Å². The topological polar surface area (TPSA) is 74.9 Å². The molecule has 7 nitrogen and oxygen atoms in total. The van der Waals surface area contributed by atoms with E-state index in [1.165, 1.54) is 32.1 Å². The first-order chi connectivity index (χ1) is 13.9. The Morgan fingerprint density at radius 2 is 1.87 bits per heavy atom. The molecule has 0 spiro atoms. The fourth-order valence-electron chi connectivity index (χ4n) is 4.32. The van der Waals surface area contributed by atoms with E-state index < -0.39 is 0 Å². The number of hydrogen-bond donors (Lipinski definition) is 2. The molecule has 0 amide bonds. The van der Waals surface area contributed by atoms with Crippen LogP contribution in [-0.2, 0) is 16.7 Å². The van der Waals surface area contributed by atoms with Crippen LogP contribution in [0.4, 0.5) is 0 Å². The fourth-order valence-corrected chi connectivity index (χ4v) is 4.32. The minimum Gasteiger partial charge on any atom is -0.443 e. The van der Waals surface area contributed by atoms with Crippen LogP contribution in [0.5, 0.6) is 0 Å². The van der Waals surface area contributed by atoms with E-state index in [0.29, 0.717) is 12.4 Å². The Bertz CT molecular complexity index is 659. The molecule has 0 unspecified atom stereocenters. The normalized spacial score (nSPS) is 20.5. The van der Waals surface area contributed by atoms with Gasteiger partial charge in [0.05, 0.1) is 19.4 Å². The number of oxazole rings is 1. The molecule has 0 bridgehead atoms. The summed E-state index contributed by atoms with van der Waals surface area (Å²) < 4.78 is 11.5. The zero-order valence-electron chi connectivity index (χ0n) is 19.1. The molecule has 0 atom stereocenters. The molecule has 1 aliphatic heterocycles. The summed E-state index contributed by atoms with van der Waals surface area (Å²) in [7, 11) is 0. The Hall–Kier alpha value is -0.870. The maximum atomic E-state index is 5.89. The lowest BCUT2D eigenvalue weighted by molar-refractivity contribution is -0.0352. The lowest BCUT2D eigenvalue weighted by atomic mass is 9.80. The number of halogens is 1. The van der Waals surface area contributed by atoms with Gasteiger partial charge in [-0.25, -0.2) is 9.98 Å². The van der Waals surface area contributed by atoms with E-state index >= 15 is 0 Å². The molecule has 0 radical (unpaired) electrons. The Morgan fingerprint density at radius 1 is 1.17 bits per heavy atom. The van der Waals surface area contributed by atoms with Gasteiger partial charge in [0.1, 0.15) is 12.3 Å². The van der Waals surface area contributed by atoms with Crippen molar-refractivity contribution in [3.63, 3.8) is 0 Å². The van der Waals surface area contributed by atoms with Crippen molar-refractivity contribution in [2.24, 2.45) is 4.99 Å². The molecule has 3 rings (SSSR count). The highest BCUT2D eigenvalue weighted by Crippen LogP contribution is 2.33. The monoisotopic (exact) mass is 533 g/mol. The van der Waals surface area contributed by atoms with Crippen molar-refractivity contribution in [2.45, 2.75) is 77.3 Å². The first-order valence-electron chi connectivity index (χ1n) is 11.2. The van der Waals surface area contributed by atoms with Gasteiger partial charge < -0.3 is 19.8 Å². The highest BCUT2D eigenvalue weighted by Gasteiger charge is 2.38. The predicted molar refractivity (Wildman–Crippen MR) is 132 cm³/mol. The second kappa shape index (κ2) is 11.7. The Morgan fingerprint density at radius 3 is 2.47 bits per heavy atom. The SMILES string of the molecule is CCNC(=NCc1ncc(C(C)(C)C)o1)NCC1(N2CCOCC2)CCCCC1.I. The average molecular weight is 533 g/mol. The third-order valence-corrected chi connectivity index (χ3v) is 6.06. The lowest BCUT2D eigenvalue weighted by Gasteiger charge is -2.48. The fraction of sp³-hybridized carbons (Fsp3) is 0.818. The quantitative estimate of drug-likeness (QED) is 0.330. The summed E-state index contributed by atoms with van der Waals surface area (Å²) in [5.41, 5.74) is 0.170. The molecule has 172 valence electrons. The number of morpholine rings is 1. The van der Waals surface area contributed by atoms with Gasteiger partial charge in [-0.2, -0.15) is 0 Å². The number of hydrogen-bond acceptors (Lipinski definition) is 5. The van der Waals surface area contributed by atoms with Gasteiger partial charge in [0.25, 0.3) is 0 Å².